The van der Waals surface area contributed by atoms with Crippen LogP contribution in [0.1, 0.15) is 41.3 Å². The Bertz CT molecular complexity index is 569. The zero-order valence-electron chi connectivity index (χ0n) is 12.7. The Kier molecular flexibility index (Phi) is 5.73. The molecule has 0 aliphatic carbocycles. The normalized spacial score (nSPS) is 12.6. The van der Waals surface area contributed by atoms with E-state index in [4.69, 9.17) is 4.74 Å². The van der Waals surface area contributed by atoms with Gasteiger partial charge in [-0.1, -0.05) is 26.0 Å². The van der Waals surface area contributed by atoms with Crippen LogP contribution in [-0.4, -0.2) is 23.8 Å². The number of thiazole rings is 1. The van der Waals surface area contributed by atoms with Crippen molar-refractivity contribution in [2.24, 2.45) is 0 Å². The Hall–Kier alpha value is -1.43. The fourth-order valence-corrected chi connectivity index (χ4v) is 2.91. The van der Waals surface area contributed by atoms with Crippen molar-refractivity contribution in [1.29, 1.82) is 0 Å². The van der Waals surface area contributed by atoms with Crippen LogP contribution in [0.5, 0.6) is 5.75 Å². The zero-order valence-corrected chi connectivity index (χ0v) is 13.5. The largest absolute Gasteiger partial charge is 0.497 e. The van der Waals surface area contributed by atoms with Gasteiger partial charge in [0.1, 0.15) is 5.75 Å². The number of benzene rings is 1. The minimum atomic E-state index is -0.107. The third-order valence-electron chi connectivity index (χ3n) is 3.27. The summed E-state index contributed by atoms with van der Waals surface area (Å²) >= 11 is 1.72. The fraction of sp³-hybridized carbons (Fsp3) is 0.438. The number of methoxy groups -OCH3 is 1. The van der Waals surface area contributed by atoms with E-state index in [2.05, 4.69) is 24.1 Å². The second kappa shape index (κ2) is 7.54. The second-order valence-corrected chi connectivity index (χ2v) is 6.36. The van der Waals surface area contributed by atoms with E-state index in [0.29, 0.717) is 12.5 Å². The predicted molar refractivity (Wildman–Crippen MR) is 85.9 cm³/mol. The van der Waals surface area contributed by atoms with E-state index in [1.54, 1.807) is 18.4 Å². The van der Waals surface area contributed by atoms with E-state index in [1.807, 2.05) is 30.5 Å². The van der Waals surface area contributed by atoms with Gasteiger partial charge in [-0.2, -0.15) is 0 Å². The lowest BCUT2D eigenvalue weighted by atomic mass is 10.1. The molecule has 1 aromatic heterocycles. The molecular formula is C16H22N2O2S. The zero-order chi connectivity index (χ0) is 15.2. The molecule has 2 aromatic rings. The standard InChI is InChI=1S/C16H22N2O2S/c1-11(2)16-18-9-14(21-16)8-17-15(10-19)12-5-4-6-13(7-12)20-3/h4-7,9,11,15,17,19H,8,10H2,1-3H3. The summed E-state index contributed by atoms with van der Waals surface area (Å²) < 4.78 is 5.22. The lowest BCUT2D eigenvalue weighted by Crippen LogP contribution is -2.23. The van der Waals surface area contributed by atoms with Gasteiger partial charge in [-0.05, 0) is 17.7 Å². The molecule has 0 bridgehead atoms. The number of nitrogens with one attached hydrogen (secondary N) is 1. The van der Waals surface area contributed by atoms with Gasteiger partial charge in [0.2, 0.25) is 0 Å². The highest BCUT2D eigenvalue weighted by molar-refractivity contribution is 7.11. The van der Waals surface area contributed by atoms with Crippen molar-refractivity contribution in [2.45, 2.75) is 32.4 Å². The Morgan fingerprint density at radius 3 is 2.81 bits per heavy atom. The summed E-state index contributed by atoms with van der Waals surface area (Å²) in [6.07, 6.45) is 1.91. The van der Waals surface area contributed by atoms with E-state index < -0.39 is 0 Å². The molecule has 0 radical (unpaired) electrons. The molecule has 2 rings (SSSR count). The van der Waals surface area contributed by atoms with Crippen molar-refractivity contribution >= 4 is 11.3 Å². The molecule has 114 valence electrons. The molecule has 5 heteroatoms. The average Bonchev–Trinajstić information content (AvgIpc) is 2.97. The van der Waals surface area contributed by atoms with E-state index in [-0.39, 0.29) is 12.6 Å². The smallest absolute Gasteiger partial charge is 0.119 e. The third kappa shape index (κ3) is 4.27. The topological polar surface area (TPSA) is 54.4 Å². The lowest BCUT2D eigenvalue weighted by molar-refractivity contribution is 0.243. The van der Waals surface area contributed by atoms with Crippen molar-refractivity contribution in [3.63, 3.8) is 0 Å². The first-order chi connectivity index (χ1) is 10.1. The van der Waals surface area contributed by atoms with Crippen LogP contribution in [-0.2, 0) is 6.54 Å². The molecule has 0 spiro atoms. The predicted octanol–water partition coefficient (Wildman–Crippen LogP) is 3.10. The van der Waals surface area contributed by atoms with Gasteiger partial charge in [0, 0.05) is 23.5 Å². The summed E-state index contributed by atoms with van der Waals surface area (Å²) in [4.78, 5) is 5.60. The monoisotopic (exact) mass is 306 g/mol. The number of rotatable bonds is 7. The van der Waals surface area contributed by atoms with Crippen LogP contribution in [0, 0.1) is 0 Å². The first-order valence-electron chi connectivity index (χ1n) is 7.06. The highest BCUT2D eigenvalue weighted by atomic mass is 32.1. The number of aliphatic hydroxyl groups is 1. The maximum Gasteiger partial charge on any atom is 0.119 e. The number of hydrogen-bond donors (Lipinski definition) is 2. The summed E-state index contributed by atoms with van der Waals surface area (Å²) in [6, 6.07) is 7.66. The van der Waals surface area contributed by atoms with Crippen LogP contribution < -0.4 is 10.1 Å². The molecule has 1 aromatic carbocycles. The van der Waals surface area contributed by atoms with Crippen LogP contribution >= 0.6 is 11.3 Å². The number of aliphatic hydroxyl groups excluding tert-OH is 1. The van der Waals surface area contributed by atoms with Crippen LogP contribution in [0.2, 0.25) is 0 Å². The molecule has 2 N–H and O–H groups in total. The lowest BCUT2D eigenvalue weighted by Gasteiger charge is -2.16. The molecule has 0 aliphatic rings. The highest BCUT2D eigenvalue weighted by Crippen LogP contribution is 2.23. The molecule has 0 saturated carbocycles. The molecule has 1 atom stereocenters. The molecular weight excluding hydrogens is 284 g/mol. The summed E-state index contributed by atoms with van der Waals surface area (Å²) in [7, 11) is 1.64. The Morgan fingerprint density at radius 2 is 2.19 bits per heavy atom. The first-order valence-corrected chi connectivity index (χ1v) is 7.88. The Labute approximate surface area is 129 Å². The third-order valence-corrected chi connectivity index (χ3v) is 4.56. The summed E-state index contributed by atoms with van der Waals surface area (Å²) in [6.45, 7) is 5.03. The quantitative estimate of drug-likeness (QED) is 0.825. The van der Waals surface area contributed by atoms with Gasteiger partial charge in [-0.15, -0.1) is 11.3 Å². The van der Waals surface area contributed by atoms with Gasteiger partial charge >= 0.3 is 0 Å². The molecule has 21 heavy (non-hydrogen) atoms. The second-order valence-electron chi connectivity index (χ2n) is 5.21. The highest BCUT2D eigenvalue weighted by Gasteiger charge is 2.12. The molecule has 0 saturated heterocycles. The number of hydrogen-bond acceptors (Lipinski definition) is 5. The fourth-order valence-electron chi connectivity index (χ4n) is 2.04. The number of nitrogens with zero attached hydrogens (tertiary/aromatic N) is 1. The van der Waals surface area contributed by atoms with E-state index in [9.17, 15) is 5.11 Å². The van der Waals surface area contributed by atoms with E-state index in [0.717, 1.165) is 16.3 Å². The Morgan fingerprint density at radius 1 is 1.38 bits per heavy atom. The van der Waals surface area contributed by atoms with Crippen molar-refractivity contribution in [3.05, 3.63) is 45.9 Å². The van der Waals surface area contributed by atoms with Gasteiger partial charge in [0.25, 0.3) is 0 Å². The number of ether oxygens (including phenoxy) is 1. The molecule has 0 aliphatic heterocycles. The van der Waals surface area contributed by atoms with Gasteiger partial charge in [-0.25, -0.2) is 4.98 Å². The molecule has 1 heterocycles. The van der Waals surface area contributed by atoms with Crippen molar-refractivity contribution in [3.8, 4) is 5.75 Å². The summed E-state index contributed by atoms with van der Waals surface area (Å²) in [5.41, 5.74) is 1.02. The van der Waals surface area contributed by atoms with E-state index >= 15 is 0 Å². The minimum absolute atomic E-state index is 0.0447. The number of aromatic nitrogens is 1. The maximum atomic E-state index is 9.60. The van der Waals surface area contributed by atoms with Gasteiger partial charge in [0.15, 0.2) is 0 Å². The molecule has 0 fully saturated rings. The maximum absolute atomic E-state index is 9.60. The van der Waals surface area contributed by atoms with Gasteiger partial charge in [0.05, 0.1) is 24.8 Å². The van der Waals surface area contributed by atoms with Crippen LogP contribution in [0.25, 0.3) is 0 Å². The van der Waals surface area contributed by atoms with E-state index in [1.165, 1.54) is 4.88 Å². The van der Waals surface area contributed by atoms with Crippen LogP contribution in [0.15, 0.2) is 30.5 Å². The SMILES string of the molecule is COc1cccc(C(CO)NCc2cnc(C(C)C)s2)c1. The first kappa shape index (κ1) is 15.9. The van der Waals surface area contributed by atoms with Crippen LogP contribution in [0.3, 0.4) is 0 Å². The molecule has 0 amide bonds. The summed E-state index contributed by atoms with van der Waals surface area (Å²) in [5.74, 6) is 1.25. The van der Waals surface area contributed by atoms with Gasteiger partial charge in [-0.3, -0.25) is 0 Å². The molecule has 4 nitrogen and oxygen atoms in total. The van der Waals surface area contributed by atoms with Crippen molar-refractivity contribution < 1.29 is 9.84 Å². The van der Waals surface area contributed by atoms with Gasteiger partial charge < -0.3 is 15.2 Å². The molecule has 1 unspecified atom stereocenters. The summed E-state index contributed by atoms with van der Waals surface area (Å²) in [5, 5.41) is 14.1. The van der Waals surface area contributed by atoms with Crippen molar-refractivity contribution in [2.75, 3.05) is 13.7 Å². The van der Waals surface area contributed by atoms with Crippen LogP contribution in [0.4, 0.5) is 0 Å². The van der Waals surface area contributed by atoms with Crippen molar-refractivity contribution in [1.82, 2.24) is 10.3 Å². The minimum Gasteiger partial charge on any atom is -0.497 e. The Balaban J connectivity index is 2.01. The average molecular weight is 306 g/mol.